The summed E-state index contributed by atoms with van der Waals surface area (Å²) in [5, 5.41) is 0. The minimum absolute atomic E-state index is 0.109. The van der Waals surface area contributed by atoms with Crippen LogP contribution < -0.4 is 4.74 Å². The topological polar surface area (TPSA) is 22.1 Å². The number of hydrogen-bond donors (Lipinski definition) is 0. The van der Waals surface area contributed by atoms with E-state index in [-0.39, 0.29) is 17.7 Å². The first-order valence-electron chi connectivity index (χ1n) is 8.76. The smallest absolute Gasteiger partial charge is 0.422 e. The van der Waals surface area contributed by atoms with E-state index < -0.39 is 46.1 Å². The molecule has 0 spiro atoms. The van der Waals surface area contributed by atoms with Crippen LogP contribution >= 0.6 is 0 Å². The molecule has 0 aliphatic rings. The molecule has 0 saturated carbocycles. The highest BCUT2D eigenvalue weighted by molar-refractivity contribution is 5.67. The SMILES string of the molecule is CCOc1ccc(C#Cc2cc(F)c(-c3cc(F)c(C(F)(F)F)c(F)c3)c(F)c2)nc1. The highest BCUT2D eigenvalue weighted by atomic mass is 19.4. The van der Waals surface area contributed by atoms with Crippen molar-refractivity contribution in [1.82, 2.24) is 4.98 Å². The fourth-order valence-corrected chi connectivity index (χ4v) is 2.75. The Labute approximate surface area is 172 Å². The second-order valence-electron chi connectivity index (χ2n) is 6.19. The lowest BCUT2D eigenvalue weighted by atomic mass is 10.00. The number of rotatable bonds is 3. The molecule has 160 valence electrons. The summed E-state index contributed by atoms with van der Waals surface area (Å²) in [5.41, 5.74) is -3.55. The minimum Gasteiger partial charge on any atom is -0.492 e. The van der Waals surface area contributed by atoms with Gasteiger partial charge in [-0.2, -0.15) is 13.2 Å². The first kappa shape index (κ1) is 22.2. The summed E-state index contributed by atoms with van der Waals surface area (Å²) >= 11 is 0. The maximum atomic E-state index is 14.5. The molecule has 0 atom stereocenters. The van der Waals surface area contributed by atoms with E-state index in [2.05, 4.69) is 16.8 Å². The Bertz CT molecular complexity index is 1130. The zero-order valence-corrected chi connectivity index (χ0v) is 15.7. The summed E-state index contributed by atoms with van der Waals surface area (Å²) in [6.07, 6.45) is -3.87. The second kappa shape index (κ2) is 8.68. The van der Waals surface area contributed by atoms with Crippen LogP contribution in [0.1, 0.15) is 23.7 Å². The predicted molar refractivity (Wildman–Crippen MR) is 98.1 cm³/mol. The van der Waals surface area contributed by atoms with Crippen molar-refractivity contribution in [3.8, 4) is 28.7 Å². The van der Waals surface area contributed by atoms with Gasteiger partial charge in [-0.15, -0.1) is 0 Å². The summed E-state index contributed by atoms with van der Waals surface area (Å²) in [5.74, 6) is -0.851. The molecule has 0 saturated heterocycles. The van der Waals surface area contributed by atoms with E-state index in [1.165, 1.54) is 12.3 Å². The summed E-state index contributed by atoms with van der Waals surface area (Å²) in [6.45, 7) is 2.25. The van der Waals surface area contributed by atoms with Gasteiger partial charge < -0.3 is 4.74 Å². The average Bonchev–Trinajstić information content (AvgIpc) is 2.65. The standard InChI is InChI=1S/C22H12F7NO/c1-2-31-15-6-5-14(30-11-15)4-3-12-7-16(23)20(17(24)8-12)13-9-18(25)21(19(26)10-13)22(27,28)29/h5-11H,2H2,1H3. The number of pyridine rings is 1. The zero-order chi connectivity index (χ0) is 22.8. The van der Waals surface area contributed by atoms with Gasteiger partial charge in [0.2, 0.25) is 0 Å². The van der Waals surface area contributed by atoms with Crippen molar-refractivity contribution >= 4 is 0 Å². The highest BCUT2D eigenvalue weighted by Gasteiger charge is 2.38. The van der Waals surface area contributed by atoms with Gasteiger partial charge in [-0.3, -0.25) is 0 Å². The quantitative estimate of drug-likeness (QED) is 0.362. The lowest BCUT2D eigenvalue weighted by Crippen LogP contribution is -2.11. The van der Waals surface area contributed by atoms with E-state index in [9.17, 15) is 30.7 Å². The van der Waals surface area contributed by atoms with Crippen LogP contribution in [-0.2, 0) is 6.18 Å². The average molecular weight is 439 g/mol. The molecule has 0 aliphatic heterocycles. The Balaban J connectivity index is 1.95. The largest absolute Gasteiger partial charge is 0.492 e. The van der Waals surface area contributed by atoms with Crippen LogP contribution in [0.25, 0.3) is 11.1 Å². The molecule has 3 aromatic rings. The molecule has 2 nitrogen and oxygen atoms in total. The molecule has 3 rings (SSSR count). The number of hydrogen-bond acceptors (Lipinski definition) is 2. The van der Waals surface area contributed by atoms with E-state index in [1.54, 1.807) is 13.0 Å². The molecule has 0 unspecified atom stereocenters. The fourth-order valence-electron chi connectivity index (χ4n) is 2.75. The monoisotopic (exact) mass is 439 g/mol. The minimum atomic E-state index is -5.29. The maximum absolute atomic E-state index is 14.5. The fraction of sp³-hybridized carbons (Fsp3) is 0.136. The van der Waals surface area contributed by atoms with Crippen molar-refractivity contribution < 1.29 is 35.5 Å². The molecule has 0 radical (unpaired) electrons. The molecular weight excluding hydrogens is 427 g/mol. The number of ether oxygens (including phenoxy) is 1. The van der Waals surface area contributed by atoms with Crippen molar-refractivity contribution in [3.05, 3.63) is 82.7 Å². The van der Waals surface area contributed by atoms with Crippen LogP contribution in [0.4, 0.5) is 30.7 Å². The zero-order valence-electron chi connectivity index (χ0n) is 15.7. The molecule has 9 heteroatoms. The number of alkyl halides is 3. The second-order valence-corrected chi connectivity index (χ2v) is 6.19. The third-order valence-electron chi connectivity index (χ3n) is 4.04. The first-order valence-corrected chi connectivity index (χ1v) is 8.76. The third-order valence-corrected chi connectivity index (χ3v) is 4.04. The van der Waals surface area contributed by atoms with Gasteiger partial charge in [0.25, 0.3) is 0 Å². The Hall–Kier alpha value is -3.54. The van der Waals surface area contributed by atoms with Gasteiger partial charge in [-0.05, 0) is 54.8 Å². The van der Waals surface area contributed by atoms with Crippen LogP contribution in [0.2, 0.25) is 0 Å². The molecule has 0 bridgehead atoms. The van der Waals surface area contributed by atoms with Gasteiger partial charge in [-0.25, -0.2) is 22.5 Å². The molecule has 0 aliphatic carbocycles. The van der Waals surface area contributed by atoms with Gasteiger partial charge in [0.1, 0.15) is 40.3 Å². The van der Waals surface area contributed by atoms with Crippen LogP contribution in [0, 0.1) is 35.1 Å². The van der Waals surface area contributed by atoms with Gasteiger partial charge in [0.15, 0.2) is 0 Å². The Kier molecular flexibility index (Phi) is 6.20. The Morgan fingerprint density at radius 1 is 0.871 bits per heavy atom. The molecule has 1 aromatic heterocycles. The molecular formula is C22H12F7NO. The van der Waals surface area contributed by atoms with Gasteiger partial charge >= 0.3 is 6.18 Å². The summed E-state index contributed by atoms with van der Waals surface area (Å²) < 4.78 is 99.7. The molecule has 1 heterocycles. The third kappa shape index (κ3) is 4.97. The van der Waals surface area contributed by atoms with E-state index in [0.717, 1.165) is 12.1 Å². The van der Waals surface area contributed by atoms with Gasteiger partial charge in [0, 0.05) is 5.56 Å². The summed E-state index contributed by atoms with van der Waals surface area (Å²) in [7, 11) is 0. The van der Waals surface area contributed by atoms with Crippen LogP contribution in [0.15, 0.2) is 42.6 Å². The van der Waals surface area contributed by atoms with Crippen molar-refractivity contribution in [2.45, 2.75) is 13.1 Å². The first-order chi connectivity index (χ1) is 14.6. The lowest BCUT2D eigenvalue weighted by molar-refractivity contribution is -0.142. The van der Waals surface area contributed by atoms with Gasteiger partial charge in [0.05, 0.1) is 18.4 Å². The molecule has 2 aromatic carbocycles. The summed E-state index contributed by atoms with van der Waals surface area (Å²) in [4.78, 5) is 4.01. The van der Waals surface area contributed by atoms with E-state index in [4.69, 9.17) is 4.74 Å². The van der Waals surface area contributed by atoms with Crippen molar-refractivity contribution in [3.63, 3.8) is 0 Å². The van der Waals surface area contributed by atoms with Crippen molar-refractivity contribution in [2.75, 3.05) is 6.61 Å². The molecule has 0 fully saturated rings. The number of benzene rings is 2. The Morgan fingerprint density at radius 2 is 1.48 bits per heavy atom. The predicted octanol–water partition coefficient (Wildman–Crippen LogP) is 6.12. The highest BCUT2D eigenvalue weighted by Crippen LogP contribution is 2.37. The van der Waals surface area contributed by atoms with Crippen LogP contribution in [-0.4, -0.2) is 11.6 Å². The van der Waals surface area contributed by atoms with Gasteiger partial charge in [-0.1, -0.05) is 5.92 Å². The van der Waals surface area contributed by atoms with Crippen molar-refractivity contribution in [2.24, 2.45) is 0 Å². The number of aromatic nitrogens is 1. The maximum Gasteiger partial charge on any atom is 0.422 e. The van der Waals surface area contributed by atoms with Crippen LogP contribution in [0.5, 0.6) is 5.75 Å². The van der Waals surface area contributed by atoms with E-state index >= 15 is 0 Å². The number of halogens is 7. The molecule has 0 N–H and O–H groups in total. The van der Waals surface area contributed by atoms with E-state index in [1.807, 2.05) is 0 Å². The van der Waals surface area contributed by atoms with Crippen molar-refractivity contribution in [1.29, 1.82) is 0 Å². The molecule has 31 heavy (non-hydrogen) atoms. The normalized spacial score (nSPS) is 11.1. The summed E-state index contributed by atoms with van der Waals surface area (Å²) in [6, 6.07) is 5.19. The number of nitrogens with zero attached hydrogens (tertiary/aromatic N) is 1. The molecule has 0 amide bonds. The van der Waals surface area contributed by atoms with E-state index in [0.29, 0.717) is 18.1 Å². The lowest BCUT2D eigenvalue weighted by Gasteiger charge is -2.12. The van der Waals surface area contributed by atoms with Crippen LogP contribution in [0.3, 0.4) is 0 Å². The Morgan fingerprint density at radius 3 is 1.97 bits per heavy atom.